The van der Waals surface area contributed by atoms with E-state index in [9.17, 15) is 28.1 Å². The molecular weight excluding hydrogens is 472 g/mol. The van der Waals surface area contributed by atoms with Crippen LogP contribution in [0.1, 0.15) is 26.3 Å². The van der Waals surface area contributed by atoms with Crippen LogP contribution in [-0.2, 0) is 26.0 Å². The Labute approximate surface area is 206 Å². The van der Waals surface area contributed by atoms with Crippen LogP contribution in [0.3, 0.4) is 0 Å². The summed E-state index contributed by atoms with van der Waals surface area (Å²) in [7, 11) is -3.96. The van der Waals surface area contributed by atoms with E-state index in [0.717, 1.165) is 22.2 Å². The molecule has 0 fully saturated rings. The van der Waals surface area contributed by atoms with Gasteiger partial charge in [-0.25, -0.2) is 8.42 Å². The third-order valence-corrected chi connectivity index (χ3v) is 6.48. The number of carbonyl (C=O) groups is 2. The highest BCUT2D eigenvalue weighted by molar-refractivity contribution is 7.92. The van der Waals surface area contributed by atoms with Gasteiger partial charge in [-0.2, -0.15) is 0 Å². The average molecular weight is 505 g/mol. The molecule has 0 bridgehead atoms. The van der Waals surface area contributed by atoms with Gasteiger partial charge >= 0.3 is 0 Å². The van der Waals surface area contributed by atoms with Crippen LogP contribution in [0.5, 0.6) is 0 Å². The first kappa shape index (κ1) is 27.8. The predicted octanol–water partition coefficient (Wildman–Crippen LogP) is 2.59. The number of sulfonamides is 1. The lowest BCUT2D eigenvalue weighted by atomic mass is 10.1. The van der Waals surface area contributed by atoms with Crippen LogP contribution in [0, 0.1) is 16.0 Å². The Bertz CT molecular complexity index is 1140. The minimum Gasteiger partial charge on any atom is -0.354 e. The van der Waals surface area contributed by atoms with Crippen molar-refractivity contribution in [3.63, 3.8) is 0 Å². The van der Waals surface area contributed by atoms with Crippen molar-refractivity contribution in [2.24, 2.45) is 5.92 Å². The lowest BCUT2D eigenvalue weighted by Crippen LogP contribution is -2.52. The fourth-order valence-corrected chi connectivity index (χ4v) is 4.24. The molecule has 10 nitrogen and oxygen atoms in total. The minimum atomic E-state index is -3.96. The van der Waals surface area contributed by atoms with Gasteiger partial charge in [-0.15, -0.1) is 0 Å². The average Bonchev–Trinajstić information content (AvgIpc) is 2.80. The van der Waals surface area contributed by atoms with E-state index < -0.39 is 33.4 Å². The minimum absolute atomic E-state index is 0.00466. The Balaban J connectivity index is 2.33. The first-order chi connectivity index (χ1) is 16.4. The van der Waals surface area contributed by atoms with E-state index in [2.05, 4.69) is 5.32 Å². The second-order valence-electron chi connectivity index (χ2n) is 8.68. The maximum Gasteiger partial charge on any atom is 0.271 e. The van der Waals surface area contributed by atoms with Gasteiger partial charge in [0.25, 0.3) is 5.69 Å². The number of hydrogen-bond donors (Lipinski definition) is 1. The lowest BCUT2D eigenvalue weighted by molar-refractivity contribution is -0.384. The van der Waals surface area contributed by atoms with Gasteiger partial charge in [0.1, 0.15) is 12.6 Å². The second kappa shape index (κ2) is 12.3. The molecule has 2 amide bonds. The van der Waals surface area contributed by atoms with Crippen LogP contribution in [0.4, 0.5) is 11.4 Å². The summed E-state index contributed by atoms with van der Waals surface area (Å²) in [6.45, 7) is 5.52. The molecule has 0 aliphatic rings. The van der Waals surface area contributed by atoms with Gasteiger partial charge in [0.15, 0.2) is 0 Å². The summed E-state index contributed by atoms with van der Waals surface area (Å²) in [4.78, 5) is 38.0. The zero-order valence-electron chi connectivity index (χ0n) is 20.4. The topological polar surface area (TPSA) is 130 Å². The van der Waals surface area contributed by atoms with E-state index in [-0.39, 0.29) is 29.7 Å². The molecule has 0 aliphatic carbocycles. The Hall–Kier alpha value is -3.47. The number of rotatable bonds is 12. The number of nitro groups is 1. The molecule has 35 heavy (non-hydrogen) atoms. The van der Waals surface area contributed by atoms with Crippen molar-refractivity contribution in [1.82, 2.24) is 10.2 Å². The van der Waals surface area contributed by atoms with Crippen LogP contribution >= 0.6 is 0 Å². The van der Waals surface area contributed by atoms with Crippen LogP contribution < -0.4 is 9.62 Å². The fourth-order valence-electron chi connectivity index (χ4n) is 3.40. The van der Waals surface area contributed by atoms with Crippen molar-refractivity contribution in [2.45, 2.75) is 33.2 Å². The third kappa shape index (κ3) is 8.36. The Kier molecular flexibility index (Phi) is 9.76. The molecule has 1 atom stereocenters. The highest BCUT2D eigenvalue weighted by Gasteiger charge is 2.30. The van der Waals surface area contributed by atoms with E-state index in [4.69, 9.17) is 0 Å². The fraction of sp³-hybridized carbons (Fsp3) is 0.417. The van der Waals surface area contributed by atoms with E-state index in [1.54, 1.807) is 6.92 Å². The number of nitro benzene ring substituents is 1. The molecular formula is C24H32N4O6S. The van der Waals surface area contributed by atoms with Crippen LogP contribution in [-0.4, -0.2) is 62.0 Å². The molecule has 2 rings (SSSR count). The summed E-state index contributed by atoms with van der Waals surface area (Å²) in [6, 6.07) is 13.6. The molecule has 11 heteroatoms. The normalized spacial score (nSPS) is 12.1. The smallest absolute Gasteiger partial charge is 0.271 e. The number of non-ortho nitro benzene ring substituents is 1. The predicted molar refractivity (Wildman–Crippen MR) is 134 cm³/mol. The van der Waals surface area contributed by atoms with E-state index in [1.165, 1.54) is 23.1 Å². The Morgan fingerprint density at radius 1 is 1.06 bits per heavy atom. The summed E-state index contributed by atoms with van der Waals surface area (Å²) in [5, 5.41) is 14.0. The summed E-state index contributed by atoms with van der Waals surface area (Å²) in [5.41, 5.74) is 0.652. The summed E-state index contributed by atoms with van der Waals surface area (Å²) >= 11 is 0. The lowest BCUT2D eigenvalue weighted by Gasteiger charge is -2.31. The summed E-state index contributed by atoms with van der Waals surface area (Å²) in [6.07, 6.45) is 1.39. The van der Waals surface area contributed by atoms with Crippen molar-refractivity contribution in [3.05, 3.63) is 70.3 Å². The van der Waals surface area contributed by atoms with Crippen LogP contribution in [0.2, 0.25) is 0 Å². The number of carbonyl (C=O) groups excluding carboxylic acids is 2. The molecule has 0 heterocycles. The van der Waals surface area contributed by atoms with Crippen molar-refractivity contribution in [3.8, 4) is 0 Å². The van der Waals surface area contributed by atoms with Crippen LogP contribution in [0.15, 0.2) is 54.6 Å². The van der Waals surface area contributed by atoms with Gasteiger partial charge < -0.3 is 10.2 Å². The molecule has 0 unspecified atom stereocenters. The molecule has 0 saturated carbocycles. The van der Waals surface area contributed by atoms with E-state index in [0.29, 0.717) is 13.0 Å². The molecule has 0 spiro atoms. The van der Waals surface area contributed by atoms with Gasteiger partial charge in [-0.3, -0.25) is 24.0 Å². The molecule has 0 saturated heterocycles. The van der Waals surface area contributed by atoms with Gasteiger partial charge in [0, 0.05) is 25.2 Å². The Morgan fingerprint density at radius 3 is 2.29 bits per heavy atom. The van der Waals surface area contributed by atoms with Crippen LogP contribution in [0.25, 0.3) is 0 Å². The first-order valence-electron chi connectivity index (χ1n) is 11.2. The number of benzene rings is 2. The van der Waals surface area contributed by atoms with Crippen molar-refractivity contribution in [1.29, 1.82) is 0 Å². The molecule has 2 aromatic rings. The number of anilines is 1. The molecule has 1 N–H and O–H groups in total. The number of amides is 2. The monoisotopic (exact) mass is 504 g/mol. The summed E-state index contributed by atoms with van der Waals surface area (Å²) in [5.74, 6) is -0.722. The van der Waals surface area contributed by atoms with Gasteiger partial charge in [0.05, 0.1) is 16.9 Å². The largest absolute Gasteiger partial charge is 0.354 e. The number of hydrogen-bond acceptors (Lipinski definition) is 6. The number of nitrogens with one attached hydrogen (secondary N) is 1. The van der Waals surface area contributed by atoms with Gasteiger partial charge in [0.2, 0.25) is 21.8 Å². The Morgan fingerprint density at radius 2 is 1.71 bits per heavy atom. The molecule has 190 valence electrons. The van der Waals surface area contributed by atoms with Crippen molar-refractivity contribution < 1.29 is 22.9 Å². The highest BCUT2D eigenvalue weighted by Crippen LogP contribution is 2.23. The first-order valence-corrected chi connectivity index (χ1v) is 13.1. The maximum absolute atomic E-state index is 13.4. The zero-order chi connectivity index (χ0) is 26.2. The molecule has 0 aliphatic heterocycles. The third-order valence-electron chi connectivity index (χ3n) is 5.34. The maximum atomic E-state index is 13.4. The molecule has 2 aromatic carbocycles. The van der Waals surface area contributed by atoms with E-state index >= 15 is 0 Å². The van der Waals surface area contributed by atoms with E-state index in [1.807, 2.05) is 44.2 Å². The van der Waals surface area contributed by atoms with Gasteiger partial charge in [-0.05, 0) is 30.9 Å². The zero-order valence-corrected chi connectivity index (χ0v) is 21.2. The highest BCUT2D eigenvalue weighted by atomic mass is 32.2. The van der Waals surface area contributed by atoms with Gasteiger partial charge in [-0.1, -0.05) is 50.2 Å². The number of nitrogens with zero attached hydrogens (tertiary/aromatic N) is 3. The second-order valence-corrected chi connectivity index (χ2v) is 10.6. The quantitative estimate of drug-likeness (QED) is 0.349. The standard InChI is InChI=1S/C24H32N4O6S/c1-18(2)16-25-24(30)19(3)26(14-13-20-9-6-5-7-10-20)23(29)17-27(35(4,33)34)21-11-8-12-22(15-21)28(31)32/h5-12,15,18-19H,13-14,16-17H2,1-4H3,(H,25,30)/t19-/m1/s1. The SMILES string of the molecule is CC(C)CNC(=O)[C@@H](C)N(CCc1ccccc1)C(=O)CN(c1cccc([N+](=O)[O-])c1)S(C)(=O)=O. The molecule has 0 radical (unpaired) electrons. The van der Waals surface area contributed by atoms with Crippen molar-refractivity contribution >= 4 is 33.2 Å². The molecule has 0 aromatic heterocycles. The summed E-state index contributed by atoms with van der Waals surface area (Å²) < 4.78 is 25.9. The van der Waals surface area contributed by atoms with Crippen molar-refractivity contribution in [2.75, 3.05) is 30.2 Å².